The maximum atomic E-state index is 12.2. The Hall–Kier alpha value is -0.590. The third kappa shape index (κ3) is 2.20. The molecule has 0 bridgehead atoms. The van der Waals surface area contributed by atoms with Crippen molar-refractivity contribution in [3.05, 3.63) is 10.3 Å². The van der Waals surface area contributed by atoms with Crippen LogP contribution >= 0.6 is 15.9 Å². The molecule has 3 nitrogen and oxygen atoms in total. The summed E-state index contributed by atoms with van der Waals surface area (Å²) in [5.41, 5.74) is -0.971. The Labute approximate surface area is 81.1 Å². The van der Waals surface area contributed by atoms with Gasteiger partial charge in [-0.25, -0.2) is 4.68 Å². The van der Waals surface area contributed by atoms with Crippen molar-refractivity contribution >= 4 is 15.9 Å². The molecule has 0 N–H and O–H groups in total. The lowest BCUT2D eigenvalue weighted by atomic mass is 10.4. The van der Waals surface area contributed by atoms with Gasteiger partial charge in [-0.15, -0.1) is 5.10 Å². The molecule has 0 atom stereocenters. The number of alkyl halides is 3. The van der Waals surface area contributed by atoms with E-state index in [9.17, 15) is 13.2 Å². The molecule has 0 radical (unpaired) electrons. The summed E-state index contributed by atoms with van der Waals surface area (Å²) in [6, 6.07) is 0. The molecule has 0 aromatic carbocycles. The van der Waals surface area contributed by atoms with Crippen molar-refractivity contribution in [3.8, 4) is 0 Å². The molecule has 1 aromatic rings. The Kier molecular flexibility index (Phi) is 2.94. The van der Waals surface area contributed by atoms with Gasteiger partial charge in [0.05, 0.1) is 0 Å². The Balaban J connectivity index is 2.99. The molecule has 0 aliphatic carbocycles. The van der Waals surface area contributed by atoms with Crippen molar-refractivity contribution in [3.63, 3.8) is 0 Å². The second-order valence-corrected chi connectivity index (χ2v) is 3.20. The van der Waals surface area contributed by atoms with E-state index in [1.54, 1.807) is 0 Å². The van der Waals surface area contributed by atoms with Gasteiger partial charge in [0.2, 0.25) is 5.69 Å². The molecule has 1 aromatic heterocycles. The van der Waals surface area contributed by atoms with Gasteiger partial charge in [-0.3, -0.25) is 0 Å². The van der Waals surface area contributed by atoms with Crippen LogP contribution in [0.4, 0.5) is 13.2 Å². The van der Waals surface area contributed by atoms with E-state index in [0.717, 1.165) is 0 Å². The summed E-state index contributed by atoms with van der Waals surface area (Å²) in [7, 11) is 0. The van der Waals surface area contributed by atoms with Crippen LogP contribution in [0.15, 0.2) is 4.60 Å². The zero-order valence-electron chi connectivity index (χ0n) is 6.77. The molecular formula is C6H7BrF3N3. The van der Waals surface area contributed by atoms with E-state index in [0.29, 0.717) is 13.0 Å². The van der Waals surface area contributed by atoms with Crippen molar-refractivity contribution in [1.29, 1.82) is 0 Å². The summed E-state index contributed by atoms with van der Waals surface area (Å²) >= 11 is 2.81. The molecule has 0 spiro atoms. The summed E-state index contributed by atoms with van der Waals surface area (Å²) in [6.07, 6.45) is -3.73. The number of hydrogen-bond acceptors (Lipinski definition) is 2. The molecule has 0 unspecified atom stereocenters. The third-order valence-electron chi connectivity index (χ3n) is 1.38. The van der Waals surface area contributed by atoms with Crippen molar-refractivity contribution in [1.82, 2.24) is 15.0 Å². The zero-order valence-corrected chi connectivity index (χ0v) is 8.35. The van der Waals surface area contributed by atoms with Crippen LogP contribution in [-0.2, 0) is 12.7 Å². The lowest BCUT2D eigenvalue weighted by Gasteiger charge is -2.02. The highest BCUT2D eigenvalue weighted by Crippen LogP contribution is 2.32. The highest BCUT2D eigenvalue weighted by Gasteiger charge is 2.37. The summed E-state index contributed by atoms with van der Waals surface area (Å²) < 4.78 is 37.5. The molecule has 74 valence electrons. The first-order chi connectivity index (χ1) is 5.96. The van der Waals surface area contributed by atoms with Gasteiger partial charge in [0.15, 0.2) is 0 Å². The van der Waals surface area contributed by atoms with E-state index in [1.165, 1.54) is 4.68 Å². The Bertz CT molecular complexity index is 294. The fraction of sp³-hybridized carbons (Fsp3) is 0.667. The van der Waals surface area contributed by atoms with Crippen molar-refractivity contribution in [2.24, 2.45) is 0 Å². The van der Waals surface area contributed by atoms with Crippen molar-refractivity contribution in [2.45, 2.75) is 26.1 Å². The van der Waals surface area contributed by atoms with E-state index >= 15 is 0 Å². The highest BCUT2D eigenvalue weighted by molar-refractivity contribution is 9.10. The summed E-state index contributed by atoms with van der Waals surface area (Å²) in [5, 5.41) is 6.42. The van der Waals surface area contributed by atoms with Crippen LogP contribution in [-0.4, -0.2) is 15.0 Å². The first kappa shape index (κ1) is 10.5. The molecule has 0 fully saturated rings. The number of halogens is 4. The molecule has 0 amide bonds. The summed E-state index contributed by atoms with van der Waals surface area (Å²) in [5.74, 6) is 0. The predicted octanol–water partition coefficient (Wildman–Crippen LogP) is 2.47. The Morgan fingerprint density at radius 1 is 1.46 bits per heavy atom. The predicted molar refractivity (Wildman–Crippen MR) is 43.0 cm³/mol. The van der Waals surface area contributed by atoms with E-state index in [2.05, 4.69) is 26.2 Å². The minimum Gasteiger partial charge on any atom is -0.238 e. The quantitative estimate of drug-likeness (QED) is 0.815. The van der Waals surface area contributed by atoms with Crippen LogP contribution in [0.3, 0.4) is 0 Å². The first-order valence-electron chi connectivity index (χ1n) is 3.63. The monoisotopic (exact) mass is 257 g/mol. The van der Waals surface area contributed by atoms with Crippen LogP contribution in [0, 0.1) is 0 Å². The minimum atomic E-state index is -4.44. The van der Waals surface area contributed by atoms with Gasteiger partial charge < -0.3 is 0 Å². The SMILES string of the molecule is CCCn1nnc(C(F)(F)F)c1Br. The number of aromatic nitrogens is 3. The average Bonchev–Trinajstić information content (AvgIpc) is 2.32. The molecule has 0 saturated carbocycles. The van der Waals surface area contributed by atoms with E-state index in [1.807, 2.05) is 6.92 Å². The number of nitrogens with zero attached hydrogens (tertiary/aromatic N) is 3. The van der Waals surface area contributed by atoms with E-state index in [4.69, 9.17) is 0 Å². The van der Waals surface area contributed by atoms with Gasteiger partial charge in [-0.1, -0.05) is 12.1 Å². The van der Waals surface area contributed by atoms with Gasteiger partial charge in [0.1, 0.15) is 4.60 Å². The van der Waals surface area contributed by atoms with Gasteiger partial charge in [0, 0.05) is 6.54 Å². The average molecular weight is 258 g/mol. The van der Waals surface area contributed by atoms with Crippen LogP contribution in [0.5, 0.6) is 0 Å². The van der Waals surface area contributed by atoms with Crippen LogP contribution in [0.25, 0.3) is 0 Å². The Morgan fingerprint density at radius 2 is 2.08 bits per heavy atom. The lowest BCUT2D eigenvalue weighted by molar-refractivity contribution is -0.141. The second-order valence-electron chi connectivity index (χ2n) is 2.45. The Morgan fingerprint density at radius 3 is 2.46 bits per heavy atom. The summed E-state index contributed by atoms with van der Waals surface area (Å²) in [4.78, 5) is 0. The van der Waals surface area contributed by atoms with Crippen molar-refractivity contribution < 1.29 is 13.2 Å². The standard InChI is InChI=1S/C6H7BrF3N3/c1-2-3-13-5(7)4(11-12-13)6(8,9)10/h2-3H2,1H3. The molecule has 0 aliphatic rings. The topological polar surface area (TPSA) is 30.7 Å². The van der Waals surface area contributed by atoms with Crippen molar-refractivity contribution in [2.75, 3.05) is 0 Å². The normalized spacial score (nSPS) is 12.1. The number of rotatable bonds is 2. The molecule has 0 saturated heterocycles. The van der Waals surface area contributed by atoms with Gasteiger partial charge in [-0.05, 0) is 22.4 Å². The van der Waals surface area contributed by atoms with Gasteiger partial charge in [-0.2, -0.15) is 13.2 Å². The van der Waals surface area contributed by atoms with Crippen LogP contribution < -0.4 is 0 Å². The zero-order chi connectivity index (χ0) is 10.1. The molecular weight excluding hydrogens is 251 g/mol. The maximum Gasteiger partial charge on any atom is 0.437 e. The fourth-order valence-corrected chi connectivity index (χ4v) is 1.38. The van der Waals surface area contributed by atoms with E-state index < -0.39 is 11.9 Å². The first-order valence-corrected chi connectivity index (χ1v) is 4.42. The number of aryl methyl sites for hydroxylation is 1. The third-order valence-corrected chi connectivity index (χ3v) is 2.16. The molecule has 0 aliphatic heterocycles. The lowest BCUT2D eigenvalue weighted by Crippen LogP contribution is -2.07. The van der Waals surface area contributed by atoms with Gasteiger partial charge in [0.25, 0.3) is 0 Å². The van der Waals surface area contributed by atoms with Gasteiger partial charge >= 0.3 is 6.18 Å². The van der Waals surface area contributed by atoms with Crippen LogP contribution in [0.1, 0.15) is 19.0 Å². The maximum absolute atomic E-state index is 12.2. The molecule has 7 heteroatoms. The molecule has 1 rings (SSSR count). The largest absolute Gasteiger partial charge is 0.437 e. The van der Waals surface area contributed by atoms with E-state index in [-0.39, 0.29) is 4.60 Å². The molecule has 1 heterocycles. The summed E-state index contributed by atoms with van der Waals surface area (Å²) in [6.45, 7) is 2.27. The fourth-order valence-electron chi connectivity index (χ4n) is 0.830. The highest BCUT2D eigenvalue weighted by atomic mass is 79.9. The molecule has 13 heavy (non-hydrogen) atoms. The minimum absolute atomic E-state index is 0.109. The van der Waals surface area contributed by atoms with Crippen LogP contribution in [0.2, 0.25) is 0 Å². The number of hydrogen-bond donors (Lipinski definition) is 0. The second kappa shape index (κ2) is 3.65. The smallest absolute Gasteiger partial charge is 0.238 e.